The Kier molecular flexibility index (Phi) is 5.44. The van der Waals surface area contributed by atoms with Crippen LogP contribution in [0.4, 0.5) is 0 Å². The van der Waals surface area contributed by atoms with Gasteiger partial charge >= 0.3 is 0 Å². The fourth-order valence-corrected chi connectivity index (χ4v) is 5.08. The van der Waals surface area contributed by atoms with Gasteiger partial charge in [-0.1, -0.05) is 30.6 Å². The molecule has 2 aromatic heterocycles. The molecule has 0 amide bonds. The minimum Gasteiger partial charge on any atom is -0.473 e. The topological polar surface area (TPSA) is 118 Å². The van der Waals surface area contributed by atoms with Crippen LogP contribution in [0.1, 0.15) is 39.3 Å². The van der Waals surface area contributed by atoms with Crippen molar-refractivity contribution in [3.8, 4) is 5.88 Å². The first-order valence-corrected chi connectivity index (χ1v) is 11.3. The van der Waals surface area contributed by atoms with Crippen molar-refractivity contribution in [3.63, 3.8) is 0 Å². The predicted octanol–water partition coefficient (Wildman–Crippen LogP) is 4.42. The van der Waals surface area contributed by atoms with E-state index in [-0.39, 0.29) is 12.0 Å². The number of hydrogen-bond acceptors (Lipinski definition) is 6. The summed E-state index contributed by atoms with van der Waals surface area (Å²) < 4.78 is 29.8. The smallest absolute Gasteiger partial charge is 0.223 e. The molecule has 1 aliphatic carbocycles. The number of hydrogen-bond donors (Lipinski definition) is 0. The molecule has 0 saturated heterocycles. The highest BCUT2D eigenvalue weighted by Gasteiger charge is 2.45. The minimum absolute atomic E-state index is 0.148. The molecule has 2 aromatic rings. The van der Waals surface area contributed by atoms with E-state index in [0.717, 1.165) is 5.39 Å². The van der Waals surface area contributed by atoms with Crippen LogP contribution in [0.15, 0.2) is 23.4 Å². The number of sulfone groups is 1. The van der Waals surface area contributed by atoms with Crippen LogP contribution in [0.3, 0.4) is 0 Å². The van der Waals surface area contributed by atoms with E-state index in [1.54, 1.807) is 19.2 Å². The Morgan fingerprint density at radius 1 is 1.46 bits per heavy atom. The van der Waals surface area contributed by atoms with Gasteiger partial charge < -0.3 is 4.74 Å². The Labute approximate surface area is 168 Å². The third-order valence-electron chi connectivity index (χ3n) is 5.60. The fourth-order valence-electron chi connectivity index (χ4n) is 3.42. The Balaban J connectivity index is 2.05. The van der Waals surface area contributed by atoms with Crippen molar-refractivity contribution in [1.82, 2.24) is 9.97 Å². The van der Waals surface area contributed by atoms with Gasteiger partial charge in [0, 0.05) is 29.7 Å². The Hall–Kier alpha value is -2.09. The SMILES string of the molecule is CC[C@@](C)(N=[N+]=[N-])c1cc2cc(Cl)ncc2c(O[C@H]2C[C@@H](S(C)(=O)=O)[C@@H]2C)n1. The molecule has 28 heavy (non-hydrogen) atoms. The standard InChI is InChI=1S/C18H22ClN5O3S/c1-5-18(3,23-24-20)15-6-11-7-16(19)21-9-12(11)17(22-15)27-13-8-14(10(13)2)28(4,25)26/h6-7,9-10,13-14H,5,8H2,1-4H3/t10-,13+,14-,18-/m1/s1. The monoisotopic (exact) mass is 423 g/mol. The highest BCUT2D eigenvalue weighted by molar-refractivity contribution is 7.91. The first kappa shape index (κ1) is 20.6. The van der Waals surface area contributed by atoms with Crippen LogP contribution in [0.2, 0.25) is 5.15 Å². The van der Waals surface area contributed by atoms with Gasteiger partial charge in [-0.05, 0) is 36.4 Å². The molecule has 1 aliphatic rings. The van der Waals surface area contributed by atoms with Crippen molar-refractivity contribution in [2.24, 2.45) is 11.0 Å². The summed E-state index contributed by atoms with van der Waals surface area (Å²) in [5, 5.41) is 5.27. The van der Waals surface area contributed by atoms with Gasteiger partial charge in [-0.3, -0.25) is 0 Å². The average molecular weight is 424 g/mol. The van der Waals surface area contributed by atoms with Crippen molar-refractivity contribution in [2.75, 3.05) is 6.26 Å². The molecule has 3 rings (SSSR count). The first-order valence-electron chi connectivity index (χ1n) is 8.97. The highest BCUT2D eigenvalue weighted by Crippen LogP contribution is 2.39. The van der Waals surface area contributed by atoms with Gasteiger partial charge in [0.2, 0.25) is 5.88 Å². The molecule has 150 valence electrons. The molecule has 0 aromatic carbocycles. The number of azide groups is 1. The maximum Gasteiger partial charge on any atom is 0.223 e. The normalized spacial score (nSPS) is 24.1. The lowest BCUT2D eigenvalue weighted by Gasteiger charge is -2.41. The number of fused-ring (bicyclic) bond motifs is 1. The third kappa shape index (κ3) is 3.74. The lowest BCUT2D eigenvalue weighted by Crippen LogP contribution is -2.51. The number of ether oxygens (including phenoxy) is 1. The number of nitrogens with zero attached hydrogens (tertiary/aromatic N) is 5. The summed E-state index contributed by atoms with van der Waals surface area (Å²) in [6, 6.07) is 3.52. The molecule has 10 heteroatoms. The molecule has 0 radical (unpaired) electrons. The lowest BCUT2D eigenvalue weighted by molar-refractivity contribution is 0.0586. The van der Waals surface area contributed by atoms with E-state index in [1.165, 1.54) is 6.26 Å². The number of aromatic nitrogens is 2. The molecule has 4 atom stereocenters. The molecule has 0 spiro atoms. The molecule has 1 fully saturated rings. The number of halogens is 1. The third-order valence-corrected chi connectivity index (χ3v) is 7.53. The van der Waals surface area contributed by atoms with Gasteiger partial charge in [0.25, 0.3) is 0 Å². The van der Waals surface area contributed by atoms with E-state index < -0.39 is 20.6 Å². The van der Waals surface area contributed by atoms with Crippen molar-refractivity contribution in [1.29, 1.82) is 0 Å². The van der Waals surface area contributed by atoms with Crippen LogP contribution in [0.5, 0.6) is 5.88 Å². The van der Waals surface area contributed by atoms with Crippen LogP contribution < -0.4 is 4.74 Å². The molecule has 1 saturated carbocycles. The Bertz CT molecular complexity index is 1070. The second-order valence-corrected chi connectivity index (χ2v) is 10.1. The van der Waals surface area contributed by atoms with Crippen LogP contribution in [-0.4, -0.2) is 36.0 Å². The maximum absolute atomic E-state index is 11.8. The van der Waals surface area contributed by atoms with Crippen LogP contribution >= 0.6 is 11.6 Å². The molecule has 0 unspecified atom stereocenters. The zero-order chi connectivity index (χ0) is 20.7. The van der Waals surface area contributed by atoms with Crippen LogP contribution in [-0.2, 0) is 15.4 Å². The van der Waals surface area contributed by atoms with E-state index in [0.29, 0.717) is 35.0 Å². The van der Waals surface area contributed by atoms with Crippen molar-refractivity contribution in [2.45, 2.75) is 50.5 Å². The largest absolute Gasteiger partial charge is 0.473 e. The quantitative estimate of drug-likeness (QED) is 0.295. The maximum atomic E-state index is 11.8. The highest BCUT2D eigenvalue weighted by atomic mass is 35.5. The average Bonchev–Trinajstić information content (AvgIpc) is 2.62. The Morgan fingerprint density at radius 3 is 2.75 bits per heavy atom. The van der Waals surface area contributed by atoms with Gasteiger partial charge in [-0.25, -0.2) is 18.4 Å². The van der Waals surface area contributed by atoms with Crippen LogP contribution in [0, 0.1) is 5.92 Å². The van der Waals surface area contributed by atoms with E-state index >= 15 is 0 Å². The summed E-state index contributed by atoms with van der Waals surface area (Å²) in [7, 11) is -3.12. The van der Waals surface area contributed by atoms with Gasteiger partial charge in [0.15, 0.2) is 9.84 Å². The first-order chi connectivity index (χ1) is 13.1. The lowest BCUT2D eigenvalue weighted by atomic mass is 9.83. The zero-order valence-corrected chi connectivity index (χ0v) is 17.7. The summed E-state index contributed by atoms with van der Waals surface area (Å²) in [6.45, 7) is 5.57. The van der Waals surface area contributed by atoms with E-state index in [2.05, 4.69) is 20.0 Å². The molecule has 0 bridgehead atoms. The second kappa shape index (κ2) is 7.39. The molecule has 2 heterocycles. The van der Waals surface area contributed by atoms with Crippen molar-refractivity contribution < 1.29 is 13.2 Å². The zero-order valence-electron chi connectivity index (χ0n) is 16.1. The molecule has 0 aliphatic heterocycles. The second-order valence-electron chi connectivity index (χ2n) is 7.48. The fraction of sp³-hybridized carbons (Fsp3) is 0.556. The summed E-state index contributed by atoms with van der Waals surface area (Å²) in [6.07, 6.45) is 3.52. The van der Waals surface area contributed by atoms with E-state index in [1.807, 2.05) is 19.9 Å². The van der Waals surface area contributed by atoms with E-state index in [9.17, 15) is 8.42 Å². The molecule has 0 N–H and O–H groups in total. The summed E-state index contributed by atoms with van der Waals surface area (Å²) >= 11 is 6.05. The summed E-state index contributed by atoms with van der Waals surface area (Å²) in [4.78, 5) is 11.7. The molecule has 8 nitrogen and oxygen atoms in total. The van der Waals surface area contributed by atoms with Crippen LogP contribution in [0.25, 0.3) is 21.2 Å². The van der Waals surface area contributed by atoms with Crippen molar-refractivity contribution >= 4 is 32.2 Å². The minimum atomic E-state index is -3.12. The predicted molar refractivity (Wildman–Crippen MR) is 108 cm³/mol. The number of pyridine rings is 2. The summed E-state index contributed by atoms with van der Waals surface area (Å²) in [5.41, 5.74) is 8.67. The summed E-state index contributed by atoms with van der Waals surface area (Å²) in [5.74, 6) is 0.193. The molecular weight excluding hydrogens is 402 g/mol. The van der Waals surface area contributed by atoms with Gasteiger partial charge in [-0.15, -0.1) is 0 Å². The van der Waals surface area contributed by atoms with Gasteiger partial charge in [0.1, 0.15) is 11.3 Å². The van der Waals surface area contributed by atoms with Crippen molar-refractivity contribution in [3.05, 3.63) is 39.6 Å². The molecular formula is C18H22ClN5O3S. The van der Waals surface area contributed by atoms with E-state index in [4.69, 9.17) is 21.9 Å². The van der Waals surface area contributed by atoms with Gasteiger partial charge in [-0.2, -0.15) is 0 Å². The Morgan fingerprint density at radius 2 is 2.18 bits per heavy atom. The number of rotatable bonds is 6. The van der Waals surface area contributed by atoms with Gasteiger partial charge in [0.05, 0.1) is 21.9 Å².